The number of benzene rings is 2. The Kier molecular flexibility index (Phi) is 11.4. The Morgan fingerprint density at radius 1 is 1.20 bits per heavy atom. The number of amides is 1. The molecule has 45 heavy (non-hydrogen) atoms. The second-order valence-electron chi connectivity index (χ2n) is 10.7. The van der Waals surface area contributed by atoms with Crippen LogP contribution in [0.15, 0.2) is 48.7 Å². The van der Waals surface area contributed by atoms with Crippen LogP contribution < -0.4 is 30.5 Å². The minimum Gasteiger partial charge on any atom is -0.494 e. The zero-order valence-corrected chi connectivity index (χ0v) is 27.3. The van der Waals surface area contributed by atoms with Crippen molar-refractivity contribution in [3.63, 3.8) is 0 Å². The maximum absolute atomic E-state index is 13.2. The van der Waals surface area contributed by atoms with E-state index in [1.807, 2.05) is 75.6 Å². The van der Waals surface area contributed by atoms with Crippen molar-refractivity contribution in [3.05, 3.63) is 65.0 Å². The number of nitrogens with one attached hydrogen (secondary N) is 3. The van der Waals surface area contributed by atoms with Gasteiger partial charge in [-0.3, -0.25) is 4.79 Å². The number of rotatable bonds is 14. The van der Waals surface area contributed by atoms with Gasteiger partial charge in [0.15, 0.2) is 0 Å². The van der Waals surface area contributed by atoms with Crippen molar-refractivity contribution in [2.24, 2.45) is 0 Å². The normalized spacial score (nSPS) is 13.8. The number of halogens is 3. The molecule has 0 fully saturated rings. The highest BCUT2D eigenvalue weighted by molar-refractivity contribution is 6.32. The van der Waals surface area contributed by atoms with Gasteiger partial charge in [0.2, 0.25) is 5.95 Å². The summed E-state index contributed by atoms with van der Waals surface area (Å²) in [7, 11) is 9.58. The quantitative estimate of drug-likeness (QED) is 0.170. The van der Waals surface area contributed by atoms with E-state index < -0.39 is 17.6 Å². The third-order valence-corrected chi connectivity index (χ3v) is 7.76. The molecule has 1 aromatic heterocycles. The largest absolute Gasteiger partial charge is 0.494 e. The van der Waals surface area contributed by atoms with Crippen LogP contribution in [0.5, 0.6) is 5.75 Å². The number of ether oxygens (including phenoxy) is 1. The number of nitrogens with zero attached hydrogens (tertiary/aromatic N) is 5. The molecular weight excluding hydrogens is 622 g/mol. The molecule has 0 spiro atoms. The molecule has 3 aromatic rings. The van der Waals surface area contributed by atoms with Gasteiger partial charge in [-0.15, -0.1) is 0 Å². The molecule has 1 aliphatic rings. The first-order valence-electron chi connectivity index (χ1n) is 14.2. The van der Waals surface area contributed by atoms with E-state index in [1.54, 1.807) is 7.11 Å². The number of para-hydroxylation sites is 1. The number of hydrogen-bond acceptors (Lipinski definition) is 10. The zero-order chi connectivity index (χ0) is 32.7. The molecule has 3 N–H and O–H groups in total. The topological polar surface area (TPSA) is 115 Å². The fourth-order valence-corrected chi connectivity index (χ4v) is 5.20. The molecule has 2 aromatic carbocycles. The maximum Gasteiger partial charge on any atom is 0.270 e. The van der Waals surface area contributed by atoms with Gasteiger partial charge in [-0.25, -0.2) is 14.4 Å². The van der Waals surface area contributed by atoms with E-state index in [4.69, 9.17) is 32.9 Å². The highest BCUT2D eigenvalue weighted by Gasteiger charge is 2.26. The number of carbonyl (C=O) groups is 2. The lowest BCUT2D eigenvalue weighted by atomic mass is 9.96. The van der Waals surface area contributed by atoms with Crippen molar-refractivity contribution >= 4 is 69.7 Å². The second-order valence-corrected chi connectivity index (χ2v) is 11.4. The number of aldehydes is 1. The van der Waals surface area contributed by atoms with Crippen LogP contribution in [0.25, 0.3) is 5.57 Å². The van der Waals surface area contributed by atoms with Gasteiger partial charge in [0.05, 0.1) is 41.1 Å². The summed E-state index contributed by atoms with van der Waals surface area (Å²) in [6, 6.07) is 10.5. The van der Waals surface area contributed by atoms with Crippen molar-refractivity contribution in [1.29, 1.82) is 0 Å². The minimum atomic E-state index is -2.24. The summed E-state index contributed by atoms with van der Waals surface area (Å²) in [5.74, 6) is -0.133. The number of methoxy groups -OCH3 is 1. The molecular formula is C31H37Cl2FN8O3. The van der Waals surface area contributed by atoms with E-state index in [0.717, 1.165) is 41.3 Å². The Hall–Kier alpha value is -4.13. The lowest BCUT2D eigenvalue weighted by molar-refractivity contribution is -0.125. The maximum atomic E-state index is 13.2. The van der Waals surface area contributed by atoms with Crippen LogP contribution in [0.2, 0.25) is 5.02 Å². The Balaban J connectivity index is 1.63. The summed E-state index contributed by atoms with van der Waals surface area (Å²) in [6.45, 7) is 2.20. The van der Waals surface area contributed by atoms with Gasteiger partial charge in [-0.05, 0) is 26.2 Å². The average Bonchev–Trinajstić information content (AvgIpc) is 3.03. The minimum absolute atomic E-state index is 0.109. The van der Waals surface area contributed by atoms with Crippen LogP contribution in [0.3, 0.4) is 0 Å². The van der Waals surface area contributed by atoms with Crippen molar-refractivity contribution in [3.8, 4) is 5.75 Å². The van der Waals surface area contributed by atoms with E-state index in [1.165, 1.54) is 6.20 Å². The predicted molar refractivity (Wildman–Crippen MR) is 179 cm³/mol. The molecule has 0 saturated carbocycles. The van der Waals surface area contributed by atoms with Crippen LogP contribution in [-0.2, 0) is 9.59 Å². The second kappa shape index (κ2) is 15.2. The number of anilines is 5. The Labute approximate surface area is 272 Å². The van der Waals surface area contributed by atoms with Gasteiger partial charge in [-0.2, -0.15) is 0 Å². The summed E-state index contributed by atoms with van der Waals surface area (Å²) in [5, 5.41) is 9.22. The van der Waals surface area contributed by atoms with E-state index in [9.17, 15) is 14.0 Å². The first kappa shape index (κ1) is 33.8. The molecule has 240 valence electrons. The molecule has 14 heteroatoms. The highest BCUT2D eigenvalue weighted by atomic mass is 35.5. The number of carbonyl (C=O) groups excluding carboxylic acids is 2. The fourth-order valence-electron chi connectivity index (χ4n) is 4.95. The lowest BCUT2D eigenvalue weighted by Crippen LogP contribution is -2.47. The monoisotopic (exact) mass is 658 g/mol. The molecule has 1 unspecified atom stereocenters. The molecule has 4 rings (SSSR count). The average molecular weight is 660 g/mol. The van der Waals surface area contributed by atoms with Gasteiger partial charge in [0, 0.05) is 63.2 Å². The summed E-state index contributed by atoms with van der Waals surface area (Å²) in [6.07, 6.45) is 4.02. The van der Waals surface area contributed by atoms with E-state index in [0.29, 0.717) is 40.9 Å². The Bertz CT molecular complexity index is 1560. The SMILES string of the molecule is CNc1cc(Nc2ncc(Cl)c(C3=CCN(C[C@@H](C=O)NC(=O)C(F)Cl)c4ccccc43)n2)c(OC)cc1N(C)CCN(C)C. The third-order valence-electron chi connectivity index (χ3n) is 7.28. The van der Waals surface area contributed by atoms with Crippen LogP contribution in [-0.4, -0.2) is 100 Å². The molecule has 2 atom stereocenters. The number of alkyl halides is 2. The van der Waals surface area contributed by atoms with Crippen molar-refractivity contribution < 1.29 is 18.7 Å². The standard InChI is InChI=1S/C31H37Cl2FN8O3/c1-35-23-14-24(27(45-5)15-26(23)41(4)13-12-40(2)3)38-31-36-16-22(32)28(39-31)21-10-11-42(25-9-7-6-8-20(21)25)17-19(18-43)37-30(44)29(33)34/h6-10,14-16,18-19,29,35H,11-13,17H2,1-5H3,(H,37,44)(H,36,38,39)/t19-,29?/m0/s1. The molecule has 2 heterocycles. The fraction of sp³-hybridized carbons (Fsp3) is 0.355. The van der Waals surface area contributed by atoms with E-state index in [2.05, 4.69) is 30.7 Å². The van der Waals surface area contributed by atoms with Gasteiger partial charge in [0.1, 0.15) is 18.1 Å². The first-order valence-corrected chi connectivity index (χ1v) is 15.0. The first-order chi connectivity index (χ1) is 21.6. The zero-order valence-electron chi connectivity index (χ0n) is 25.8. The van der Waals surface area contributed by atoms with E-state index >= 15 is 0 Å². The van der Waals surface area contributed by atoms with Crippen LogP contribution in [0, 0.1) is 0 Å². The summed E-state index contributed by atoms with van der Waals surface area (Å²) < 4.78 is 18.9. The van der Waals surface area contributed by atoms with Crippen molar-refractivity contribution in [1.82, 2.24) is 20.2 Å². The predicted octanol–water partition coefficient (Wildman–Crippen LogP) is 4.39. The number of aromatic nitrogens is 2. The molecule has 0 bridgehead atoms. The number of hydrogen-bond donors (Lipinski definition) is 3. The smallest absolute Gasteiger partial charge is 0.270 e. The van der Waals surface area contributed by atoms with Gasteiger partial charge < -0.3 is 40.2 Å². The molecule has 0 aliphatic carbocycles. The van der Waals surface area contributed by atoms with Gasteiger partial charge in [0.25, 0.3) is 11.5 Å². The molecule has 1 amide bonds. The van der Waals surface area contributed by atoms with Crippen LogP contribution in [0.4, 0.5) is 33.1 Å². The summed E-state index contributed by atoms with van der Waals surface area (Å²) >= 11 is 11.9. The van der Waals surface area contributed by atoms with Crippen LogP contribution in [0.1, 0.15) is 11.3 Å². The van der Waals surface area contributed by atoms with Gasteiger partial charge >= 0.3 is 0 Å². The molecule has 0 saturated heterocycles. The number of likely N-dealkylation sites (N-methyl/N-ethyl adjacent to an activating group) is 2. The molecule has 0 radical (unpaired) electrons. The summed E-state index contributed by atoms with van der Waals surface area (Å²) in [5.41, 5.74) is 3.19. The van der Waals surface area contributed by atoms with E-state index in [-0.39, 0.29) is 6.54 Å². The van der Waals surface area contributed by atoms with Crippen molar-refractivity contribution in [2.75, 3.05) is 81.9 Å². The third kappa shape index (κ3) is 8.13. The lowest BCUT2D eigenvalue weighted by Gasteiger charge is -2.32. The van der Waals surface area contributed by atoms with Gasteiger partial charge in [-0.1, -0.05) is 47.5 Å². The summed E-state index contributed by atoms with van der Waals surface area (Å²) in [4.78, 5) is 38.8. The van der Waals surface area contributed by atoms with Crippen molar-refractivity contribution in [2.45, 2.75) is 11.7 Å². The number of fused-ring (bicyclic) bond motifs is 1. The Morgan fingerprint density at radius 2 is 1.96 bits per heavy atom. The van der Waals surface area contributed by atoms with Crippen LogP contribution >= 0.6 is 23.2 Å². The molecule has 1 aliphatic heterocycles. The Morgan fingerprint density at radius 3 is 2.62 bits per heavy atom. The highest BCUT2D eigenvalue weighted by Crippen LogP contribution is 2.40. The molecule has 11 nitrogen and oxygen atoms in total.